The van der Waals surface area contributed by atoms with E-state index in [4.69, 9.17) is 4.74 Å². The van der Waals surface area contributed by atoms with Gasteiger partial charge < -0.3 is 20.7 Å². The van der Waals surface area contributed by atoms with Gasteiger partial charge in [0, 0.05) is 0 Å². The van der Waals surface area contributed by atoms with Crippen LogP contribution >= 0.6 is 0 Å². The summed E-state index contributed by atoms with van der Waals surface area (Å²) in [4.78, 5) is 37.0. The van der Waals surface area contributed by atoms with Crippen molar-refractivity contribution in [2.24, 2.45) is 0 Å². The zero-order valence-electron chi connectivity index (χ0n) is 14.5. The largest absolute Gasteiger partial charge is 0.495 e. The van der Waals surface area contributed by atoms with Crippen LogP contribution in [-0.2, 0) is 9.59 Å². The minimum absolute atomic E-state index is 0.192. The highest BCUT2D eigenvalue weighted by molar-refractivity contribution is 6.11. The minimum Gasteiger partial charge on any atom is -0.495 e. The summed E-state index contributed by atoms with van der Waals surface area (Å²) in [5.41, 5.74) is 2.26. The number of hydrogen-bond acceptors (Lipinski definition) is 4. The zero-order chi connectivity index (χ0) is 18.7. The third kappa shape index (κ3) is 3.66. The maximum absolute atomic E-state index is 12.4. The van der Waals surface area contributed by atoms with E-state index in [0.717, 1.165) is 5.56 Å². The first-order chi connectivity index (χ1) is 12.5. The number of methoxy groups -OCH3 is 1. The van der Waals surface area contributed by atoms with Gasteiger partial charge in [0.25, 0.3) is 5.91 Å². The lowest BCUT2D eigenvalue weighted by Crippen LogP contribution is -2.43. The number of carbonyl (C=O) groups excluding carboxylic acids is 3. The predicted octanol–water partition coefficient (Wildman–Crippen LogP) is 2.08. The lowest BCUT2D eigenvalue weighted by molar-refractivity contribution is -0.122. The molecule has 0 aliphatic carbocycles. The Labute approximate surface area is 150 Å². The van der Waals surface area contributed by atoms with E-state index in [1.54, 1.807) is 36.4 Å². The molecule has 1 aliphatic rings. The molecule has 0 unspecified atom stereocenters. The summed E-state index contributed by atoms with van der Waals surface area (Å²) >= 11 is 0. The SMILES string of the molecule is COc1ccc(C)cc1NC(=O)C[C@@H]1NC(=O)c2ccccc2NC1=O. The molecular weight excluding hydrogens is 334 g/mol. The molecule has 7 nitrogen and oxygen atoms in total. The summed E-state index contributed by atoms with van der Waals surface area (Å²) in [6.07, 6.45) is -0.192. The Morgan fingerprint density at radius 1 is 1.19 bits per heavy atom. The number of anilines is 2. The second-order valence-electron chi connectivity index (χ2n) is 6.02. The molecule has 26 heavy (non-hydrogen) atoms. The van der Waals surface area contributed by atoms with E-state index >= 15 is 0 Å². The van der Waals surface area contributed by atoms with E-state index in [9.17, 15) is 14.4 Å². The number of amides is 3. The Morgan fingerprint density at radius 2 is 1.96 bits per heavy atom. The van der Waals surface area contributed by atoms with Crippen LogP contribution in [0.1, 0.15) is 22.3 Å². The smallest absolute Gasteiger partial charge is 0.254 e. The molecule has 0 bridgehead atoms. The van der Waals surface area contributed by atoms with E-state index in [1.807, 2.05) is 13.0 Å². The first-order valence-corrected chi connectivity index (χ1v) is 8.13. The predicted molar refractivity (Wildman–Crippen MR) is 97.3 cm³/mol. The van der Waals surface area contributed by atoms with Gasteiger partial charge in [-0.2, -0.15) is 0 Å². The number of hydrogen-bond donors (Lipinski definition) is 3. The Hall–Kier alpha value is -3.35. The molecule has 2 aromatic carbocycles. The fourth-order valence-corrected chi connectivity index (χ4v) is 2.76. The highest BCUT2D eigenvalue weighted by Gasteiger charge is 2.29. The van der Waals surface area contributed by atoms with Crippen LogP contribution in [0.3, 0.4) is 0 Å². The third-order valence-electron chi connectivity index (χ3n) is 4.07. The van der Waals surface area contributed by atoms with Gasteiger partial charge in [-0.25, -0.2) is 0 Å². The van der Waals surface area contributed by atoms with Crippen LogP contribution in [-0.4, -0.2) is 30.9 Å². The quantitative estimate of drug-likeness (QED) is 0.784. The van der Waals surface area contributed by atoms with Crippen molar-refractivity contribution >= 4 is 29.1 Å². The van der Waals surface area contributed by atoms with Crippen molar-refractivity contribution in [3.05, 3.63) is 53.6 Å². The monoisotopic (exact) mass is 353 g/mol. The Bertz CT molecular complexity index is 879. The minimum atomic E-state index is -0.967. The van der Waals surface area contributed by atoms with Crippen molar-refractivity contribution in [3.63, 3.8) is 0 Å². The molecule has 3 amide bonds. The summed E-state index contributed by atoms with van der Waals surface area (Å²) in [5.74, 6) is -0.717. The van der Waals surface area contributed by atoms with E-state index < -0.39 is 23.8 Å². The molecule has 1 atom stereocenters. The molecule has 3 rings (SSSR count). The van der Waals surface area contributed by atoms with Crippen LogP contribution in [0.5, 0.6) is 5.75 Å². The fraction of sp³-hybridized carbons (Fsp3) is 0.211. The molecule has 0 saturated heterocycles. The lowest BCUT2D eigenvalue weighted by atomic mass is 10.1. The summed E-state index contributed by atoms with van der Waals surface area (Å²) in [5, 5.41) is 8.01. The van der Waals surface area contributed by atoms with Crippen molar-refractivity contribution in [1.82, 2.24) is 5.32 Å². The number of ether oxygens (including phenoxy) is 1. The van der Waals surface area contributed by atoms with Crippen LogP contribution in [0.25, 0.3) is 0 Å². The van der Waals surface area contributed by atoms with Gasteiger partial charge in [-0.15, -0.1) is 0 Å². The first kappa shape index (κ1) is 17.5. The summed E-state index contributed by atoms with van der Waals surface area (Å²) in [6, 6.07) is 11.1. The third-order valence-corrected chi connectivity index (χ3v) is 4.07. The summed E-state index contributed by atoms with van der Waals surface area (Å²) in [6.45, 7) is 1.89. The van der Waals surface area contributed by atoms with Crippen LogP contribution in [0.15, 0.2) is 42.5 Å². The molecule has 2 aromatic rings. The van der Waals surface area contributed by atoms with Gasteiger partial charge in [-0.1, -0.05) is 18.2 Å². The lowest BCUT2D eigenvalue weighted by Gasteiger charge is -2.15. The molecule has 3 N–H and O–H groups in total. The zero-order valence-corrected chi connectivity index (χ0v) is 14.5. The van der Waals surface area contributed by atoms with Crippen LogP contribution < -0.4 is 20.7 Å². The highest BCUT2D eigenvalue weighted by Crippen LogP contribution is 2.25. The van der Waals surface area contributed by atoms with Crippen molar-refractivity contribution in [2.45, 2.75) is 19.4 Å². The van der Waals surface area contributed by atoms with Gasteiger partial charge in [0.05, 0.1) is 30.5 Å². The number of carbonyl (C=O) groups is 3. The molecule has 0 saturated carbocycles. The van der Waals surface area contributed by atoms with E-state index in [0.29, 0.717) is 22.7 Å². The van der Waals surface area contributed by atoms with Gasteiger partial charge in [-0.3, -0.25) is 14.4 Å². The van der Waals surface area contributed by atoms with Crippen molar-refractivity contribution in [3.8, 4) is 5.75 Å². The average Bonchev–Trinajstić information content (AvgIpc) is 2.72. The maximum Gasteiger partial charge on any atom is 0.254 e. The fourth-order valence-electron chi connectivity index (χ4n) is 2.76. The normalized spacial score (nSPS) is 16.0. The van der Waals surface area contributed by atoms with Gasteiger partial charge in [0.1, 0.15) is 11.8 Å². The number of nitrogens with one attached hydrogen (secondary N) is 3. The van der Waals surface area contributed by atoms with Crippen LogP contribution in [0, 0.1) is 6.92 Å². The molecule has 134 valence electrons. The van der Waals surface area contributed by atoms with Gasteiger partial charge in [0.15, 0.2) is 0 Å². The number of rotatable bonds is 4. The Kier molecular flexibility index (Phi) is 4.88. The topological polar surface area (TPSA) is 96.5 Å². The van der Waals surface area contributed by atoms with E-state index in [2.05, 4.69) is 16.0 Å². The maximum atomic E-state index is 12.4. The van der Waals surface area contributed by atoms with E-state index in [-0.39, 0.29) is 6.42 Å². The standard InChI is InChI=1S/C19H19N3O4/c1-11-7-8-16(26-2)14(9-11)20-17(23)10-15-19(25)21-13-6-4-3-5-12(13)18(24)22-15/h3-9,15H,10H2,1-2H3,(H,20,23)(H,21,25)(H,22,24)/t15-/m0/s1. The number of fused-ring (bicyclic) bond motifs is 1. The molecule has 7 heteroatoms. The molecule has 1 aliphatic heterocycles. The molecule has 0 radical (unpaired) electrons. The molecule has 0 spiro atoms. The molecular formula is C19H19N3O4. The van der Waals surface area contributed by atoms with Gasteiger partial charge >= 0.3 is 0 Å². The number of para-hydroxylation sites is 1. The van der Waals surface area contributed by atoms with Gasteiger partial charge in [0.2, 0.25) is 11.8 Å². The highest BCUT2D eigenvalue weighted by atomic mass is 16.5. The number of aryl methyl sites for hydroxylation is 1. The van der Waals surface area contributed by atoms with Crippen molar-refractivity contribution in [2.75, 3.05) is 17.7 Å². The molecule has 0 aromatic heterocycles. The Balaban J connectivity index is 1.73. The van der Waals surface area contributed by atoms with Crippen molar-refractivity contribution in [1.29, 1.82) is 0 Å². The average molecular weight is 353 g/mol. The second kappa shape index (κ2) is 7.26. The van der Waals surface area contributed by atoms with Crippen LogP contribution in [0.4, 0.5) is 11.4 Å². The van der Waals surface area contributed by atoms with Crippen molar-refractivity contribution < 1.29 is 19.1 Å². The molecule has 0 fully saturated rings. The number of benzene rings is 2. The van der Waals surface area contributed by atoms with Gasteiger partial charge in [-0.05, 0) is 36.8 Å². The Morgan fingerprint density at radius 3 is 2.73 bits per heavy atom. The first-order valence-electron chi connectivity index (χ1n) is 8.13. The van der Waals surface area contributed by atoms with Crippen LogP contribution in [0.2, 0.25) is 0 Å². The van der Waals surface area contributed by atoms with E-state index in [1.165, 1.54) is 7.11 Å². The summed E-state index contributed by atoms with van der Waals surface area (Å²) < 4.78 is 5.23. The summed E-state index contributed by atoms with van der Waals surface area (Å²) in [7, 11) is 1.51. The molecule has 1 heterocycles. The second-order valence-corrected chi connectivity index (χ2v) is 6.02.